The molecule has 0 aliphatic rings. The summed E-state index contributed by atoms with van der Waals surface area (Å²) in [7, 11) is 0. The Morgan fingerprint density at radius 2 is 2.33 bits per heavy atom. The van der Waals surface area contributed by atoms with E-state index < -0.39 is 0 Å². The molecular formula is C13H16ClN3S. The van der Waals surface area contributed by atoms with Crippen LogP contribution < -0.4 is 5.32 Å². The smallest absolute Gasteiger partial charge is 0.0943 e. The number of aromatic nitrogens is 2. The third-order valence-electron chi connectivity index (χ3n) is 2.68. The first kappa shape index (κ1) is 13.5. The Morgan fingerprint density at radius 1 is 1.44 bits per heavy atom. The van der Waals surface area contributed by atoms with Crippen molar-refractivity contribution in [1.82, 2.24) is 15.3 Å². The lowest BCUT2D eigenvalue weighted by atomic mass is 10.1. The lowest BCUT2D eigenvalue weighted by Gasteiger charge is -2.18. The molecule has 5 heteroatoms. The molecule has 1 unspecified atom stereocenters. The van der Waals surface area contributed by atoms with Gasteiger partial charge in [-0.1, -0.05) is 18.5 Å². The van der Waals surface area contributed by atoms with E-state index in [-0.39, 0.29) is 6.04 Å². The number of rotatable bonds is 6. The van der Waals surface area contributed by atoms with Gasteiger partial charge in [-0.25, -0.2) is 4.98 Å². The normalized spacial score (nSPS) is 12.6. The lowest BCUT2D eigenvalue weighted by molar-refractivity contribution is 0.528. The highest BCUT2D eigenvalue weighted by atomic mass is 35.5. The van der Waals surface area contributed by atoms with Gasteiger partial charge in [0.05, 0.1) is 10.0 Å². The molecule has 2 heterocycles. The Labute approximate surface area is 116 Å². The Hall–Kier alpha value is -0.970. The van der Waals surface area contributed by atoms with Gasteiger partial charge in [-0.05, 0) is 24.6 Å². The van der Waals surface area contributed by atoms with Gasteiger partial charge in [-0.2, -0.15) is 0 Å². The maximum Gasteiger partial charge on any atom is 0.0943 e. The van der Waals surface area contributed by atoms with Gasteiger partial charge in [0.2, 0.25) is 0 Å². The molecule has 0 bridgehead atoms. The minimum Gasteiger partial charge on any atom is -0.310 e. The van der Waals surface area contributed by atoms with E-state index in [1.807, 2.05) is 17.6 Å². The minimum atomic E-state index is 0.201. The number of thiazole rings is 1. The maximum atomic E-state index is 6.22. The largest absolute Gasteiger partial charge is 0.310 e. The minimum absolute atomic E-state index is 0.201. The molecule has 1 N–H and O–H groups in total. The second kappa shape index (κ2) is 6.83. The van der Waals surface area contributed by atoms with Crippen LogP contribution in [0.4, 0.5) is 0 Å². The first-order chi connectivity index (χ1) is 8.81. The fraction of sp³-hybridized carbons (Fsp3) is 0.385. The third kappa shape index (κ3) is 3.51. The Balaban J connectivity index is 2.16. The molecule has 0 spiro atoms. The van der Waals surface area contributed by atoms with Crippen LogP contribution in [0, 0.1) is 0 Å². The van der Waals surface area contributed by atoms with Crippen LogP contribution in [0.1, 0.15) is 30.0 Å². The van der Waals surface area contributed by atoms with Crippen molar-refractivity contribution in [2.75, 3.05) is 6.54 Å². The molecular weight excluding hydrogens is 266 g/mol. The Kier molecular flexibility index (Phi) is 5.11. The standard InChI is InChI=1S/C13H16ClN3S/c1-2-4-16-12(8-13-17-6-7-18-13)10-3-5-15-9-11(10)14/h3,5-7,9,12,16H,2,4,8H2,1H3. The summed E-state index contributed by atoms with van der Waals surface area (Å²) in [5, 5.41) is 7.35. The van der Waals surface area contributed by atoms with E-state index in [0.29, 0.717) is 5.02 Å². The van der Waals surface area contributed by atoms with E-state index in [0.717, 1.165) is 30.0 Å². The summed E-state index contributed by atoms with van der Waals surface area (Å²) in [6, 6.07) is 2.18. The molecule has 0 saturated heterocycles. The Bertz CT molecular complexity index is 473. The van der Waals surface area contributed by atoms with Crippen molar-refractivity contribution in [3.8, 4) is 0 Å². The van der Waals surface area contributed by atoms with Crippen molar-refractivity contribution >= 4 is 22.9 Å². The van der Waals surface area contributed by atoms with Gasteiger partial charge < -0.3 is 5.32 Å². The quantitative estimate of drug-likeness (QED) is 0.881. The molecule has 1 atom stereocenters. The molecule has 2 aromatic heterocycles. The van der Waals surface area contributed by atoms with E-state index in [1.165, 1.54) is 0 Å². The molecule has 0 aromatic carbocycles. The summed E-state index contributed by atoms with van der Waals surface area (Å²) in [5.41, 5.74) is 1.09. The molecule has 0 saturated carbocycles. The molecule has 0 amide bonds. The number of nitrogens with zero attached hydrogens (tertiary/aromatic N) is 2. The molecule has 2 aromatic rings. The molecule has 0 aliphatic carbocycles. The number of hydrogen-bond donors (Lipinski definition) is 1. The van der Waals surface area contributed by atoms with Gasteiger partial charge in [0, 0.05) is 36.4 Å². The van der Waals surface area contributed by atoms with Gasteiger partial charge in [0.15, 0.2) is 0 Å². The average molecular weight is 282 g/mol. The highest BCUT2D eigenvalue weighted by Crippen LogP contribution is 2.25. The zero-order valence-electron chi connectivity index (χ0n) is 10.3. The summed E-state index contributed by atoms with van der Waals surface area (Å²) >= 11 is 7.89. The second-order valence-electron chi connectivity index (χ2n) is 4.03. The summed E-state index contributed by atoms with van der Waals surface area (Å²) in [6.07, 6.45) is 7.27. The van der Waals surface area contributed by atoms with Crippen LogP contribution in [0.3, 0.4) is 0 Å². The summed E-state index contributed by atoms with van der Waals surface area (Å²) in [6.45, 7) is 3.12. The first-order valence-corrected chi connectivity index (χ1v) is 7.28. The summed E-state index contributed by atoms with van der Waals surface area (Å²) in [5.74, 6) is 0. The molecule has 0 aliphatic heterocycles. The van der Waals surface area contributed by atoms with Crippen molar-refractivity contribution in [3.63, 3.8) is 0 Å². The molecule has 0 radical (unpaired) electrons. The predicted molar refractivity (Wildman–Crippen MR) is 76.1 cm³/mol. The maximum absolute atomic E-state index is 6.22. The van der Waals surface area contributed by atoms with Crippen molar-refractivity contribution in [3.05, 3.63) is 45.6 Å². The highest BCUT2D eigenvalue weighted by molar-refractivity contribution is 7.09. The highest BCUT2D eigenvalue weighted by Gasteiger charge is 2.15. The average Bonchev–Trinajstić information content (AvgIpc) is 2.88. The van der Waals surface area contributed by atoms with Gasteiger partial charge >= 0.3 is 0 Å². The van der Waals surface area contributed by atoms with Crippen LogP contribution in [-0.2, 0) is 6.42 Å². The topological polar surface area (TPSA) is 37.8 Å². The van der Waals surface area contributed by atoms with Crippen LogP contribution in [0.15, 0.2) is 30.0 Å². The van der Waals surface area contributed by atoms with Gasteiger partial charge in [0.1, 0.15) is 0 Å². The van der Waals surface area contributed by atoms with Crippen molar-refractivity contribution in [2.24, 2.45) is 0 Å². The van der Waals surface area contributed by atoms with E-state index >= 15 is 0 Å². The van der Waals surface area contributed by atoms with E-state index in [9.17, 15) is 0 Å². The van der Waals surface area contributed by atoms with Crippen molar-refractivity contribution in [1.29, 1.82) is 0 Å². The molecule has 96 valence electrons. The molecule has 18 heavy (non-hydrogen) atoms. The third-order valence-corrected chi connectivity index (χ3v) is 3.80. The van der Waals surface area contributed by atoms with E-state index in [2.05, 4.69) is 22.2 Å². The fourth-order valence-corrected chi connectivity index (χ4v) is 2.72. The first-order valence-electron chi connectivity index (χ1n) is 6.02. The number of nitrogens with one attached hydrogen (secondary N) is 1. The van der Waals surface area contributed by atoms with Crippen LogP contribution in [0.5, 0.6) is 0 Å². The SMILES string of the molecule is CCCNC(Cc1nccs1)c1ccncc1Cl. The van der Waals surface area contributed by atoms with E-state index in [1.54, 1.807) is 23.7 Å². The zero-order valence-corrected chi connectivity index (χ0v) is 11.8. The van der Waals surface area contributed by atoms with Gasteiger partial charge in [-0.3, -0.25) is 4.98 Å². The molecule has 3 nitrogen and oxygen atoms in total. The zero-order chi connectivity index (χ0) is 12.8. The fourth-order valence-electron chi connectivity index (χ4n) is 1.81. The van der Waals surface area contributed by atoms with Crippen LogP contribution >= 0.6 is 22.9 Å². The molecule has 0 fully saturated rings. The lowest BCUT2D eigenvalue weighted by Crippen LogP contribution is -2.24. The summed E-state index contributed by atoms with van der Waals surface area (Å²) in [4.78, 5) is 8.37. The van der Waals surface area contributed by atoms with Crippen molar-refractivity contribution < 1.29 is 0 Å². The van der Waals surface area contributed by atoms with Crippen LogP contribution in [0.2, 0.25) is 5.02 Å². The monoisotopic (exact) mass is 281 g/mol. The van der Waals surface area contributed by atoms with Gasteiger partial charge in [0.25, 0.3) is 0 Å². The second-order valence-corrected chi connectivity index (χ2v) is 5.42. The number of hydrogen-bond acceptors (Lipinski definition) is 4. The van der Waals surface area contributed by atoms with Gasteiger partial charge in [-0.15, -0.1) is 11.3 Å². The Morgan fingerprint density at radius 3 is 3.00 bits per heavy atom. The van der Waals surface area contributed by atoms with Crippen LogP contribution in [0.25, 0.3) is 0 Å². The predicted octanol–water partition coefficient (Wildman–Crippen LogP) is 3.47. The number of pyridine rings is 1. The van der Waals surface area contributed by atoms with E-state index in [4.69, 9.17) is 11.6 Å². The van der Waals surface area contributed by atoms with Crippen LogP contribution in [-0.4, -0.2) is 16.5 Å². The summed E-state index contributed by atoms with van der Waals surface area (Å²) < 4.78 is 0. The van der Waals surface area contributed by atoms with Crippen molar-refractivity contribution in [2.45, 2.75) is 25.8 Å². The molecule has 2 rings (SSSR count). The number of halogens is 1.